The van der Waals surface area contributed by atoms with Gasteiger partial charge in [0, 0.05) is 12.1 Å². The number of nitrogens with one attached hydrogen (secondary N) is 1. The van der Waals surface area contributed by atoms with Gasteiger partial charge in [0.05, 0.1) is 18.1 Å². The van der Waals surface area contributed by atoms with Gasteiger partial charge in [-0.1, -0.05) is 0 Å². The average molecular weight is 281 g/mol. The molecule has 2 heterocycles. The van der Waals surface area contributed by atoms with Gasteiger partial charge in [0.25, 0.3) is 0 Å². The number of rotatable bonds is 1. The molecule has 0 radical (unpaired) electrons. The number of imidazole rings is 1. The lowest BCUT2D eigenvalue weighted by Crippen LogP contribution is -2.52. The van der Waals surface area contributed by atoms with E-state index in [1.807, 2.05) is 0 Å². The lowest BCUT2D eigenvalue weighted by atomic mass is 9.97. The monoisotopic (exact) mass is 281 g/mol. The van der Waals surface area contributed by atoms with Gasteiger partial charge in [-0.2, -0.15) is 0 Å². The number of amides is 1. The molecule has 1 aliphatic rings. The lowest BCUT2D eigenvalue weighted by molar-refractivity contribution is -0.144. The van der Waals surface area contributed by atoms with Gasteiger partial charge in [0.2, 0.25) is 0 Å². The van der Waals surface area contributed by atoms with Crippen molar-refractivity contribution < 1.29 is 19.4 Å². The van der Waals surface area contributed by atoms with Gasteiger partial charge < -0.3 is 14.8 Å². The zero-order valence-electron chi connectivity index (χ0n) is 12.0. The van der Waals surface area contributed by atoms with Crippen LogP contribution in [0.5, 0.6) is 0 Å². The summed E-state index contributed by atoms with van der Waals surface area (Å²) in [6.45, 7) is 6.98. The Hall–Kier alpha value is -2.05. The second-order valence-electron chi connectivity index (χ2n) is 5.89. The lowest BCUT2D eigenvalue weighted by Gasteiger charge is -2.38. The van der Waals surface area contributed by atoms with Crippen molar-refractivity contribution in [2.45, 2.75) is 51.8 Å². The van der Waals surface area contributed by atoms with Gasteiger partial charge >= 0.3 is 12.1 Å². The van der Waals surface area contributed by atoms with Gasteiger partial charge in [-0.25, -0.2) is 14.6 Å². The number of nitrogens with zero attached hydrogens (tertiary/aromatic N) is 2. The summed E-state index contributed by atoms with van der Waals surface area (Å²) in [6.07, 6.45) is 1.08. The standard InChI is InChI=1S/C13H19N3O4/c1-7-10-8(14-6-15-10)5-9(11(17)18)16(7)12(19)20-13(2,3)4/h6-7,9H,5H2,1-4H3,(H,14,15)(H,17,18)/t7-,9+/m1/s1. The van der Waals surface area contributed by atoms with E-state index in [0.717, 1.165) is 5.69 Å². The van der Waals surface area contributed by atoms with E-state index in [4.69, 9.17) is 4.74 Å². The minimum Gasteiger partial charge on any atom is -0.480 e. The van der Waals surface area contributed by atoms with E-state index >= 15 is 0 Å². The molecule has 0 bridgehead atoms. The van der Waals surface area contributed by atoms with Gasteiger partial charge in [-0.3, -0.25) is 4.90 Å². The Kier molecular flexibility index (Phi) is 3.45. The Morgan fingerprint density at radius 1 is 1.50 bits per heavy atom. The van der Waals surface area contributed by atoms with Gasteiger partial charge in [0.1, 0.15) is 11.6 Å². The smallest absolute Gasteiger partial charge is 0.411 e. The summed E-state index contributed by atoms with van der Waals surface area (Å²) in [6, 6.07) is -1.39. The SMILES string of the molecule is C[C@@H]1c2nc[nH]c2C[C@@H](C(=O)O)N1C(=O)OC(C)(C)C. The fourth-order valence-corrected chi connectivity index (χ4v) is 2.35. The molecule has 1 amide bonds. The Labute approximate surface area is 116 Å². The summed E-state index contributed by atoms with van der Waals surface area (Å²) in [5, 5.41) is 9.35. The second kappa shape index (κ2) is 4.81. The zero-order chi connectivity index (χ0) is 15.1. The maximum Gasteiger partial charge on any atom is 0.411 e. The van der Waals surface area contributed by atoms with Gasteiger partial charge in [-0.15, -0.1) is 0 Å². The molecule has 1 aliphatic heterocycles. The molecule has 0 fully saturated rings. The largest absolute Gasteiger partial charge is 0.480 e. The number of carboxylic acid groups (broad SMARTS) is 1. The first kappa shape index (κ1) is 14.4. The van der Waals surface area contributed by atoms with E-state index in [2.05, 4.69) is 9.97 Å². The highest BCUT2D eigenvalue weighted by molar-refractivity contribution is 5.81. The number of carboxylic acids is 1. The van der Waals surface area contributed by atoms with Crippen LogP contribution in [0.15, 0.2) is 6.33 Å². The van der Waals surface area contributed by atoms with Crippen LogP contribution in [0.2, 0.25) is 0 Å². The third-order valence-corrected chi connectivity index (χ3v) is 3.19. The molecule has 0 unspecified atom stereocenters. The molecule has 1 aromatic heterocycles. The van der Waals surface area contributed by atoms with Gasteiger partial charge in [-0.05, 0) is 27.7 Å². The molecule has 1 aromatic rings. The maximum atomic E-state index is 12.3. The van der Waals surface area contributed by atoms with E-state index in [0.29, 0.717) is 5.69 Å². The number of ether oxygens (including phenoxy) is 1. The molecule has 110 valence electrons. The number of aromatic nitrogens is 2. The molecular formula is C13H19N3O4. The summed E-state index contributed by atoms with van der Waals surface area (Å²) < 4.78 is 5.31. The number of hydrogen-bond donors (Lipinski definition) is 2. The van der Waals surface area contributed by atoms with Crippen LogP contribution in [0.1, 0.15) is 45.1 Å². The Balaban J connectivity index is 2.33. The quantitative estimate of drug-likeness (QED) is 0.817. The Morgan fingerprint density at radius 3 is 2.70 bits per heavy atom. The van der Waals surface area contributed by atoms with Crippen molar-refractivity contribution in [3.05, 3.63) is 17.7 Å². The number of fused-ring (bicyclic) bond motifs is 1. The minimum atomic E-state index is -1.05. The van der Waals surface area contributed by atoms with E-state index in [9.17, 15) is 14.7 Å². The highest BCUT2D eigenvalue weighted by Crippen LogP contribution is 2.32. The molecule has 2 rings (SSSR count). The van der Waals surface area contributed by atoms with Crippen LogP contribution >= 0.6 is 0 Å². The molecule has 0 spiro atoms. The van der Waals surface area contributed by atoms with Crippen molar-refractivity contribution in [3.63, 3.8) is 0 Å². The topological polar surface area (TPSA) is 95.5 Å². The summed E-state index contributed by atoms with van der Waals surface area (Å²) in [4.78, 5) is 32.0. The first-order valence-electron chi connectivity index (χ1n) is 6.47. The van der Waals surface area contributed by atoms with Crippen LogP contribution in [0.3, 0.4) is 0 Å². The first-order valence-corrected chi connectivity index (χ1v) is 6.47. The number of aliphatic carboxylic acids is 1. The fourth-order valence-electron chi connectivity index (χ4n) is 2.35. The van der Waals surface area contributed by atoms with Crippen molar-refractivity contribution >= 4 is 12.1 Å². The predicted molar refractivity (Wildman–Crippen MR) is 70.2 cm³/mol. The number of hydrogen-bond acceptors (Lipinski definition) is 4. The highest BCUT2D eigenvalue weighted by Gasteiger charge is 2.42. The van der Waals surface area contributed by atoms with Crippen molar-refractivity contribution in [2.75, 3.05) is 0 Å². The molecule has 7 nitrogen and oxygen atoms in total. The first-order chi connectivity index (χ1) is 9.20. The Morgan fingerprint density at radius 2 is 2.15 bits per heavy atom. The molecular weight excluding hydrogens is 262 g/mol. The maximum absolute atomic E-state index is 12.3. The summed E-state index contributed by atoms with van der Waals surface area (Å²) >= 11 is 0. The van der Waals surface area contributed by atoms with E-state index < -0.39 is 29.7 Å². The molecule has 0 saturated heterocycles. The highest BCUT2D eigenvalue weighted by atomic mass is 16.6. The number of carbonyl (C=O) groups excluding carboxylic acids is 1. The van der Waals surface area contributed by atoms with Crippen LogP contribution in [0.4, 0.5) is 4.79 Å². The second-order valence-corrected chi connectivity index (χ2v) is 5.89. The van der Waals surface area contributed by atoms with Crippen LogP contribution in [-0.2, 0) is 16.0 Å². The third-order valence-electron chi connectivity index (χ3n) is 3.19. The van der Waals surface area contributed by atoms with Crippen LogP contribution < -0.4 is 0 Å². The fraction of sp³-hybridized carbons (Fsp3) is 0.615. The van der Waals surface area contributed by atoms with Crippen molar-refractivity contribution in [3.8, 4) is 0 Å². The number of carbonyl (C=O) groups is 2. The van der Waals surface area contributed by atoms with Crippen molar-refractivity contribution in [1.29, 1.82) is 0 Å². The normalized spacial score (nSPS) is 22.3. The Bertz CT molecular complexity index is 532. The molecule has 2 N–H and O–H groups in total. The molecule has 0 aliphatic carbocycles. The average Bonchev–Trinajstić information content (AvgIpc) is 2.74. The third kappa shape index (κ3) is 2.61. The van der Waals surface area contributed by atoms with E-state index in [1.165, 1.54) is 11.2 Å². The number of aromatic amines is 1. The number of H-pyrrole nitrogens is 1. The summed E-state index contributed by atoms with van der Waals surface area (Å²) in [7, 11) is 0. The molecule has 0 saturated carbocycles. The van der Waals surface area contributed by atoms with Gasteiger partial charge in [0.15, 0.2) is 0 Å². The van der Waals surface area contributed by atoms with Crippen LogP contribution in [0, 0.1) is 0 Å². The van der Waals surface area contributed by atoms with E-state index in [-0.39, 0.29) is 6.42 Å². The van der Waals surface area contributed by atoms with Crippen molar-refractivity contribution in [1.82, 2.24) is 14.9 Å². The van der Waals surface area contributed by atoms with Crippen LogP contribution in [0.25, 0.3) is 0 Å². The summed E-state index contributed by atoms with van der Waals surface area (Å²) in [5.41, 5.74) is 0.768. The predicted octanol–water partition coefficient (Wildman–Crippen LogP) is 1.72. The minimum absolute atomic E-state index is 0.203. The van der Waals surface area contributed by atoms with Crippen LogP contribution in [-0.4, -0.2) is 43.7 Å². The summed E-state index contributed by atoms with van der Waals surface area (Å²) in [5.74, 6) is -1.05. The molecule has 2 atom stereocenters. The zero-order valence-corrected chi connectivity index (χ0v) is 12.0. The van der Waals surface area contributed by atoms with E-state index in [1.54, 1.807) is 27.7 Å². The van der Waals surface area contributed by atoms with Crippen molar-refractivity contribution in [2.24, 2.45) is 0 Å². The molecule has 7 heteroatoms. The molecule has 20 heavy (non-hydrogen) atoms. The molecule has 0 aromatic carbocycles.